The van der Waals surface area contributed by atoms with Crippen LogP contribution >= 0.6 is 0 Å². The summed E-state index contributed by atoms with van der Waals surface area (Å²) in [5, 5.41) is 12.6. The van der Waals surface area contributed by atoms with Crippen molar-refractivity contribution in [1.29, 1.82) is 0 Å². The Morgan fingerprint density at radius 1 is 1.04 bits per heavy atom. The average molecular weight is 361 g/mol. The number of carbonyl (C=O) groups excluding carboxylic acids is 4. The highest BCUT2D eigenvalue weighted by Crippen LogP contribution is 2.33. The van der Waals surface area contributed by atoms with Crippen molar-refractivity contribution in [3.63, 3.8) is 0 Å². The van der Waals surface area contributed by atoms with E-state index in [0.717, 1.165) is 13.8 Å². The molecule has 0 bridgehead atoms. The Kier molecular flexibility index (Phi) is 6.88. The molecule has 0 aliphatic carbocycles. The van der Waals surface area contributed by atoms with E-state index < -0.39 is 54.0 Å². The van der Waals surface area contributed by atoms with Gasteiger partial charge in [0.05, 0.1) is 0 Å². The number of hydrogen-bond donors (Lipinski definition) is 2. The van der Waals surface area contributed by atoms with E-state index in [0.29, 0.717) is 0 Å². The summed E-state index contributed by atoms with van der Waals surface area (Å²) in [7, 11) is 0. The van der Waals surface area contributed by atoms with Crippen molar-refractivity contribution in [2.75, 3.05) is 6.61 Å². The van der Waals surface area contributed by atoms with E-state index in [1.807, 2.05) is 0 Å². The molecule has 1 amide bonds. The van der Waals surface area contributed by atoms with E-state index in [1.54, 1.807) is 0 Å². The van der Waals surface area contributed by atoms with E-state index in [2.05, 4.69) is 5.32 Å². The Morgan fingerprint density at radius 3 is 2.04 bits per heavy atom. The number of hydrogen-bond acceptors (Lipinski definition) is 9. The highest BCUT2D eigenvalue weighted by atomic mass is 16.7. The Labute approximate surface area is 144 Å². The van der Waals surface area contributed by atoms with Crippen molar-refractivity contribution < 1.29 is 43.2 Å². The number of ether oxygens (including phenoxy) is 4. The molecule has 0 radical (unpaired) electrons. The van der Waals surface area contributed by atoms with Gasteiger partial charge < -0.3 is 29.4 Å². The number of rotatable bonds is 5. The van der Waals surface area contributed by atoms with E-state index in [9.17, 15) is 24.3 Å². The molecule has 10 nitrogen and oxygen atoms in total. The normalized spacial score (nSPS) is 31.6. The van der Waals surface area contributed by atoms with Gasteiger partial charge in [0.2, 0.25) is 5.91 Å². The van der Waals surface area contributed by atoms with Gasteiger partial charge in [-0.05, 0) is 6.92 Å². The summed E-state index contributed by atoms with van der Waals surface area (Å²) in [5.41, 5.74) is -1.51. The van der Waals surface area contributed by atoms with Crippen LogP contribution < -0.4 is 5.32 Å². The second-order valence-corrected chi connectivity index (χ2v) is 5.93. The number of amides is 1. The first-order chi connectivity index (χ1) is 11.5. The van der Waals surface area contributed by atoms with E-state index in [4.69, 9.17) is 18.9 Å². The van der Waals surface area contributed by atoms with Crippen LogP contribution in [0.25, 0.3) is 0 Å². The third-order valence-corrected chi connectivity index (χ3v) is 3.48. The molecule has 5 atom stereocenters. The van der Waals surface area contributed by atoms with Crippen LogP contribution in [0.2, 0.25) is 0 Å². The molecule has 1 saturated heterocycles. The SMILES string of the molecule is CC(=O)N[C@@H]1[C@@H](OC(C)=O)[C@@H](OC(C)=O)[C@@](C)(COC(C)=O)O[C@@H]1O. The van der Waals surface area contributed by atoms with Crippen LogP contribution in [0.3, 0.4) is 0 Å². The van der Waals surface area contributed by atoms with Crippen molar-refractivity contribution in [1.82, 2.24) is 5.32 Å². The summed E-state index contributed by atoms with van der Waals surface area (Å²) in [5.74, 6) is -2.57. The summed E-state index contributed by atoms with van der Waals surface area (Å²) in [4.78, 5) is 45.5. The summed E-state index contributed by atoms with van der Waals surface area (Å²) in [6.07, 6.45) is -4.09. The molecular formula is C15H23NO9. The van der Waals surface area contributed by atoms with Crippen LogP contribution in [-0.4, -0.2) is 65.7 Å². The standard InChI is InChI=1S/C15H23NO9/c1-7(17)16-11-12(23-9(3)19)13(24-10(4)20)15(5,25-14(11)21)6-22-8(2)18/h11-14,21H,6H2,1-5H3,(H,16,17)/t11-,12-,13-,14+,15-/m1/s1. The molecule has 1 rings (SSSR count). The predicted molar refractivity (Wildman–Crippen MR) is 80.8 cm³/mol. The predicted octanol–water partition coefficient (Wildman–Crippen LogP) is -0.975. The molecule has 1 heterocycles. The van der Waals surface area contributed by atoms with Gasteiger partial charge in [0.15, 0.2) is 18.5 Å². The lowest BCUT2D eigenvalue weighted by Crippen LogP contribution is -2.70. The lowest BCUT2D eigenvalue weighted by Gasteiger charge is -2.48. The van der Waals surface area contributed by atoms with Crippen molar-refractivity contribution in [2.45, 2.75) is 64.8 Å². The van der Waals surface area contributed by atoms with Crippen molar-refractivity contribution in [3.05, 3.63) is 0 Å². The minimum Gasteiger partial charge on any atom is -0.463 e. The fraction of sp³-hybridized carbons (Fsp3) is 0.733. The monoisotopic (exact) mass is 361 g/mol. The minimum atomic E-state index is -1.60. The lowest BCUT2D eigenvalue weighted by molar-refractivity contribution is -0.300. The molecule has 10 heteroatoms. The quantitative estimate of drug-likeness (QED) is 0.467. The third-order valence-electron chi connectivity index (χ3n) is 3.48. The average Bonchev–Trinajstić information content (AvgIpc) is 2.44. The van der Waals surface area contributed by atoms with Gasteiger partial charge in [-0.3, -0.25) is 19.2 Å². The minimum absolute atomic E-state index is 0.373. The number of aliphatic hydroxyl groups excluding tert-OH is 1. The van der Waals surface area contributed by atoms with E-state index >= 15 is 0 Å². The van der Waals surface area contributed by atoms with Crippen molar-refractivity contribution in [2.24, 2.45) is 0 Å². The Bertz CT molecular complexity index is 549. The van der Waals surface area contributed by atoms with E-state index in [-0.39, 0.29) is 6.61 Å². The number of esters is 3. The topological polar surface area (TPSA) is 137 Å². The zero-order chi connectivity index (χ0) is 19.4. The molecule has 142 valence electrons. The molecule has 0 spiro atoms. The highest BCUT2D eigenvalue weighted by molar-refractivity contribution is 5.73. The molecule has 0 aromatic heterocycles. The maximum absolute atomic E-state index is 11.5. The molecule has 0 unspecified atom stereocenters. The van der Waals surface area contributed by atoms with Crippen LogP contribution in [0.4, 0.5) is 0 Å². The zero-order valence-electron chi connectivity index (χ0n) is 14.7. The Balaban J connectivity index is 3.26. The van der Waals surface area contributed by atoms with Crippen molar-refractivity contribution >= 4 is 23.8 Å². The maximum atomic E-state index is 11.5. The molecule has 2 N–H and O–H groups in total. The van der Waals surface area contributed by atoms with Gasteiger partial charge in [-0.1, -0.05) is 0 Å². The van der Waals surface area contributed by atoms with Crippen LogP contribution in [0.5, 0.6) is 0 Å². The molecule has 0 saturated carbocycles. The molecule has 0 aromatic rings. The van der Waals surface area contributed by atoms with E-state index in [1.165, 1.54) is 20.8 Å². The van der Waals surface area contributed by atoms with Gasteiger partial charge in [-0.15, -0.1) is 0 Å². The first-order valence-electron chi connectivity index (χ1n) is 7.57. The van der Waals surface area contributed by atoms with Gasteiger partial charge in [0.1, 0.15) is 18.2 Å². The summed E-state index contributed by atoms with van der Waals surface area (Å²) in [6, 6.07) is -1.18. The molecular weight excluding hydrogens is 338 g/mol. The maximum Gasteiger partial charge on any atom is 0.303 e. The highest BCUT2D eigenvalue weighted by Gasteiger charge is 2.56. The number of aliphatic hydroxyl groups is 1. The first kappa shape index (κ1) is 20.8. The van der Waals surface area contributed by atoms with Gasteiger partial charge in [0, 0.05) is 27.7 Å². The van der Waals surface area contributed by atoms with Gasteiger partial charge >= 0.3 is 17.9 Å². The van der Waals surface area contributed by atoms with Gasteiger partial charge in [0.25, 0.3) is 0 Å². The van der Waals surface area contributed by atoms with Gasteiger partial charge in [-0.2, -0.15) is 0 Å². The van der Waals surface area contributed by atoms with Crippen molar-refractivity contribution in [3.8, 4) is 0 Å². The molecule has 25 heavy (non-hydrogen) atoms. The van der Waals surface area contributed by atoms with Crippen LogP contribution in [0, 0.1) is 0 Å². The zero-order valence-corrected chi connectivity index (χ0v) is 14.7. The largest absolute Gasteiger partial charge is 0.463 e. The fourth-order valence-electron chi connectivity index (χ4n) is 2.56. The summed E-state index contributed by atoms with van der Waals surface area (Å²) in [6.45, 7) is 5.68. The molecule has 1 aliphatic rings. The molecule has 1 fully saturated rings. The van der Waals surface area contributed by atoms with Crippen LogP contribution in [0.15, 0.2) is 0 Å². The smallest absolute Gasteiger partial charge is 0.303 e. The van der Waals surface area contributed by atoms with Crippen LogP contribution in [-0.2, 0) is 38.1 Å². The molecule has 1 aliphatic heterocycles. The Hall–Kier alpha value is -2.20. The summed E-state index contributed by atoms with van der Waals surface area (Å²) < 4.78 is 20.8. The van der Waals surface area contributed by atoms with Gasteiger partial charge in [-0.25, -0.2) is 0 Å². The second-order valence-electron chi connectivity index (χ2n) is 5.93. The fourth-order valence-corrected chi connectivity index (χ4v) is 2.56. The Morgan fingerprint density at radius 2 is 1.60 bits per heavy atom. The summed E-state index contributed by atoms with van der Waals surface area (Å²) >= 11 is 0. The first-order valence-corrected chi connectivity index (χ1v) is 7.57. The molecule has 0 aromatic carbocycles. The lowest BCUT2D eigenvalue weighted by atomic mass is 9.87. The third kappa shape index (κ3) is 5.68. The van der Waals surface area contributed by atoms with Crippen LogP contribution in [0.1, 0.15) is 34.6 Å². The number of carbonyl (C=O) groups is 4. The number of nitrogens with one attached hydrogen (secondary N) is 1. The second kappa shape index (κ2) is 8.26.